The second-order valence-electron chi connectivity index (χ2n) is 4.28. The Bertz CT molecular complexity index is 682. The van der Waals surface area contributed by atoms with Crippen molar-refractivity contribution in [3.63, 3.8) is 0 Å². The van der Waals surface area contributed by atoms with Crippen molar-refractivity contribution in [2.75, 3.05) is 14.2 Å². The van der Waals surface area contributed by atoms with E-state index in [2.05, 4.69) is 26.1 Å². The van der Waals surface area contributed by atoms with Crippen LogP contribution in [0.25, 0.3) is 11.3 Å². The number of carboxylic acids is 1. The van der Waals surface area contributed by atoms with Crippen molar-refractivity contribution in [3.05, 3.63) is 27.9 Å². The molecule has 0 unspecified atom stereocenters. The molecule has 21 heavy (non-hydrogen) atoms. The van der Waals surface area contributed by atoms with E-state index < -0.39 is 5.97 Å². The zero-order valence-electron chi connectivity index (χ0n) is 11.9. The summed E-state index contributed by atoms with van der Waals surface area (Å²) in [6.45, 7) is 1.99. The number of aromatic nitrogens is 2. The molecule has 1 aromatic carbocycles. The third kappa shape index (κ3) is 2.73. The first-order valence-corrected chi connectivity index (χ1v) is 7.05. The molecule has 0 bridgehead atoms. The van der Waals surface area contributed by atoms with Crippen molar-refractivity contribution < 1.29 is 19.4 Å². The molecule has 2 rings (SSSR count). The third-order valence-corrected chi connectivity index (χ3v) is 3.73. The second kappa shape index (κ2) is 6.17. The number of benzene rings is 1. The van der Waals surface area contributed by atoms with Crippen LogP contribution in [0.2, 0.25) is 0 Å². The largest absolute Gasteiger partial charge is 0.493 e. The topological polar surface area (TPSA) is 84.4 Å². The fraction of sp³-hybridized carbons (Fsp3) is 0.286. The molecule has 0 atom stereocenters. The van der Waals surface area contributed by atoms with Gasteiger partial charge in [0.2, 0.25) is 0 Å². The van der Waals surface area contributed by atoms with Crippen molar-refractivity contribution in [1.29, 1.82) is 0 Å². The fourth-order valence-corrected chi connectivity index (χ4v) is 2.77. The van der Waals surface area contributed by atoms with E-state index in [1.807, 2.05) is 13.0 Å². The van der Waals surface area contributed by atoms with Crippen LogP contribution in [0.1, 0.15) is 23.0 Å². The van der Waals surface area contributed by atoms with Crippen molar-refractivity contribution in [1.82, 2.24) is 10.2 Å². The molecule has 6 nitrogen and oxygen atoms in total. The summed E-state index contributed by atoms with van der Waals surface area (Å²) in [5.74, 6) is 0.169. The zero-order chi connectivity index (χ0) is 15.6. The summed E-state index contributed by atoms with van der Waals surface area (Å²) < 4.78 is 11.5. The Hall–Kier alpha value is -2.02. The summed E-state index contributed by atoms with van der Waals surface area (Å²) in [5, 5.41) is 15.6. The Labute approximate surface area is 130 Å². The van der Waals surface area contributed by atoms with Gasteiger partial charge in [0.1, 0.15) is 5.69 Å². The van der Waals surface area contributed by atoms with Gasteiger partial charge in [-0.15, -0.1) is 0 Å². The Balaban J connectivity index is 2.67. The minimum atomic E-state index is -1.05. The van der Waals surface area contributed by atoms with Gasteiger partial charge < -0.3 is 14.6 Å². The average Bonchev–Trinajstić information content (AvgIpc) is 2.95. The summed E-state index contributed by atoms with van der Waals surface area (Å²) >= 11 is 3.44. The number of hydrogen-bond donors (Lipinski definition) is 2. The molecule has 112 valence electrons. The van der Waals surface area contributed by atoms with Crippen molar-refractivity contribution >= 4 is 21.9 Å². The maximum absolute atomic E-state index is 11.0. The van der Waals surface area contributed by atoms with Crippen LogP contribution in [0, 0.1) is 0 Å². The first-order chi connectivity index (χ1) is 10.0. The first-order valence-electron chi connectivity index (χ1n) is 6.25. The Morgan fingerprint density at radius 2 is 2.00 bits per heavy atom. The molecule has 7 heteroatoms. The minimum Gasteiger partial charge on any atom is -0.493 e. The summed E-state index contributed by atoms with van der Waals surface area (Å²) in [6.07, 6.45) is 0.692. The van der Waals surface area contributed by atoms with E-state index in [1.165, 1.54) is 6.07 Å². The predicted molar refractivity (Wildman–Crippen MR) is 81.2 cm³/mol. The number of rotatable bonds is 5. The van der Waals surface area contributed by atoms with Gasteiger partial charge in [0.25, 0.3) is 0 Å². The minimum absolute atomic E-state index is 0.0398. The average molecular weight is 355 g/mol. The van der Waals surface area contributed by atoms with E-state index in [4.69, 9.17) is 14.6 Å². The lowest BCUT2D eigenvalue weighted by atomic mass is 10.0. The number of aromatic amines is 1. The summed E-state index contributed by atoms with van der Waals surface area (Å²) in [7, 11) is 3.14. The fourth-order valence-electron chi connectivity index (χ4n) is 2.20. The molecule has 0 aliphatic heterocycles. The highest BCUT2D eigenvalue weighted by atomic mass is 79.9. The van der Waals surface area contributed by atoms with Crippen molar-refractivity contribution in [3.8, 4) is 22.8 Å². The number of aromatic carboxylic acids is 1. The highest BCUT2D eigenvalue weighted by molar-refractivity contribution is 9.10. The molecular weight excluding hydrogens is 340 g/mol. The highest BCUT2D eigenvalue weighted by Gasteiger charge is 2.20. The molecule has 2 aromatic rings. The van der Waals surface area contributed by atoms with E-state index in [0.29, 0.717) is 28.1 Å². The Kier molecular flexibility index (Phi) is 4.52. The van der Waals surface area contributed by atoms with E-state index in [1.54, 1.807) is 14.2 Å². The van der Waals surface area contributed by atoms with Crippen LogP contribution in [-0.2, 0) is 6.42 Å². The molecule has 1 heterocycles. The summed E-state index contributed by atoms with van der Waals surface area (Å²) in [4.78, 5) is 11.0. The number of H-pyrrole nitrogens is 1. The normalized spacial score (nSPS) is 10.5. The maximum Gasteiger partial charge on any atom is 0.353 e. The van der Waals surface area contributed by atoms with E-state index >= 15 is 0 Å². The van der Waals surface area contributed by atoms with Crippen molar-refractivity contribution in [2.45, 2.75) is 13.3 Å². The number of methoxy groups -OCH3 is 2. The molecule has 0 fully saturated rings. The standard InChI is InChI=1S/C14H15BrN2O4/c1-4-7-8(10-6-11(14(18)19)17-16-10)5-9(15)13(21-3)12(7)20-2/h5-6H,4H2,1-3H3,(H,16,17)(H,18,19). The SMILES string of the molecule is CCc1c(-c2cc(C(=O)O)[nH]n2)cc(Br)c(OC)c1OC. The molecular formula is C14H15BrN2O4. The summed E-state index contributed by atoms with van der Waals surface area (Å²) in [6, 6.07) is 3.34. The van der Waals surface area contributed by atoms with Crippen LogP contribution in [0.3, 0.4) is 0 Å². The molecule has 0 saturated carbocycles. The Morgan fingerprint density at radius 1 is 1.33 bits per heavy atom. The number of ether oxygens (including phenoxy) is 2. The number of carbonyl (C=O) groups is 1. The molecule has 0 amide bonds. The van der Waals surface area contributed by atoms with Crippen LogP contribution >= 0.6 is 15.9 Å². The molecule has 0 saturated heterocycles. The van der Waals surface area contributed by atoms with Gasteiger partial charge in [0.15, 0.2) is 11.5 Å². The zero-order valence-corrected chi connectivity index (χ0v) is 13.4. The van der Waals surface area contributed by atoms with Gasteiger partial charge in [-0.25, -0.2) is 4.79 Å². The number of nitrogens with one attached hydrogen (secondary N) is 1. The van der Waals surface area contributed by atoms with Gasteiger partial charge in [-0.2, -0.15) is 5.10 Å². The first kappa shape index (κ1) is 15.4. The van der Waals surface area contributed by atoms with Gasteiger partial charge in [-0.3, -0.25) is 5.10 Å². The quantitative estimate of drug-likeness (QED) is 0.861. The van der Waals surface area contributed by atoms with Gasteiger partial charge in [0, 0.05) is 11.1 Å². The van der Waals surface area contributed by atoms with Crippen LogP contribution in [0.15, 0.2) is 16.6 Å². The molecule has 0 aliphatic carbocycles. The molecule has 0 radical (unpaired) electrons. The van der Waals surface area contributed by atoms with Crippen LogP contribution in [0.5, 0.6) is 11.5 Å². The second-order valence-corrected chi connectivity index (χ2v) is 5.13. The van der Waals surface area contributed by atoms with Crippen LogP contribution in [-0.4, -0.2) is 35.5 Å². The molecule has 0 spiro atoms. The molecule has 1 aromatic heterocycles. The smallest absolute Gasteiger partial charge is 0.353 e. The lowest BCUT2D eigenvalue weighted by Crippen LogP contribution is -1.99. The molecule has 0 aliphatic rings. The lowest BCUT2D eigenvalue weighted by molar-refractivity contribution is 0.0690. The predicted octanol–water partition coefficient (Wildman–Crippen LogP) is 3.12. The maximum atomic E-state index is 11.0. The van der Waals surface area contributed by atoms with E-state index in [-0.39, 0.29) is 5.69 Å². The van der Waals surface area contributed by atoms with Crippen LogP contribution in [0.4, 0.5) is 0 Å². The van der Waals surface area contributed by atoms with Gasteiger partial charge in [-0.1, -0.05) is 6.92 Å². The van der Waals surface area contributed by atoms with Crippen molar-refractivity contribution in [2.24, 2.45) is 0 Å². The van der Waals surface area contributed by atoms with Gasteiger partial charge >= 0.3 is 5.97 Å². The monoisotopic (exact) mass is 354 g/mol. The number of carboxylic acid groups (broad SMARTS) is 1. The van der Waals surface area contributed by atoms with Gasteiger partial charge in [-0.05, 0) is 34.5 Å². The van der Waals surface area contributed by atoms with Crippen LogP contribution < -0.4 is 9.47 Å². The number of halogens is 1. The van der Waals surface area contributed by atoms with E-state index in [9.17, 15) is 4.79 Å². The van der Waals surface area contributed by atoms with Gasteiger partial charge in [0.05, 0.1) is 24.4 Å². The third-order valence-electron chi connectivity index (χ3n) is 3.14. The summed E-state index contributed by atoms with van der Waals surface area (Å²) in [5.41, 5.74) is 2.29. The van der Waals surface area contributed by atoms with E-state index in [0.717, 1.165) is 11.1 Å². The number of hydrogen-bond acceptors (Lipinski definition) is 4. The highest BCUT2D eigenvalue weighted by Crippen LogP contribution is 2.43. The Morgan fingerprint density at radius 3 is 2.48 bits per heavy atom. The lowest BCUT2D eigenvalue weighted by Gasteiger charge is -2.16. The number of nitrogens with zero attached hydrogens (tertiary/aromatic N) is 1. The molecule has 2 N–H and O–H groups in total.